The van der Waals surface area contributed by atoms with Crippen molar-refractivity contribution in [1.82, 2.24) is 0 Å². The van der Waals surface area contributed by atoms with Crippen LogP contribution in [0, 0.1) is 5.82 Å². The summed E-state index contributed by atoms with van der Waals surface area (Å²) in [7, 11) is 0. The maximum atomic E-state index is 13.1. The fourth-order valence-electron chi connectivity index (χ4n) is 1.30. The number of anilines is 2. The Hall–Kier alpha value is -1.49. The van der Waals surface area contributed by atoms with Gasteiger partial charge in [0.2, 0.25) is 0 Å². The van der Waals surface area contributed by atoms with E-state index in [1.54, 1.807) is 0 Å². The van der Waals surface area contributed by atoms with Gasteiger partial charge in [0, 0.05) is 6.54 Å². The van der Waals surface area contributed by atoms with Gasteiger partial charge in [-0.3, -0.25) is 10.7 Å². The van der Waals surface area contributed by atoms with Crippen molar-refractivity contribution < 1.29 is 14.3 Å². The molecule has 1 aliphatic heterocycles. The summed E-state index contributed by atoms with van der Waals surface area (Å²) >= 11 is 0. The zero-order valence-corrected chi connectivity index (χ0v) is 6.80. The molecule has 0 saturated heterocycles. The van der Waals surface area contributed by atoms with Crippen LogP contribution < -0.4 is 15.5 Å². The molecule has 0 amide bonds. The predicted octanol–water partition coefficient (Wildman–Crippen LogP) is 1.43. The third-order valence-electron chi connectivity index (χ3n) is 1.88. The van der Waals surface area contributed by atoms with E-state index < -0.39 is 5.82 Å². The Labute approximate surface area is 74.3 Å². The zero-order valence-electron chi connectivity index (χ0n) is 6.80. The lowest BCUT2D eigenvalue weighted by Gasteiger charge is -2.21. The lowest BCUT2D eigenvalue weighted by atomic mass is 10.2. The highest BCUT2D eigenvalue weighted by Crippen LogP contribution is 2.36. The van der Waals surface area contributed by atoms with E-state index in [9.17, 15) is 4.39 Å². The van der Waals surface area contributed by atoms with Crippen molar-refractivity contribution in [3.05, 3.63) is 17.9 Å². The summed E-state index contributed by atoms with van der Waals surface area (Å²) in [5, 5.41) is 11.7. The molecule has 70 valence electrons. The number of halogens is 1. The molecule has 1 aromatic rings. The Morgan fingerprint density at radius 2 is 2.38 bits per heavy atom. The van der Waals surface area contributed by atoms with Crippen LogP contribution in [0.25, 0.3) is 0 Å². The minimum Gasteiger partial charge on any atom is -0.486 e. The van der Waals surface area contributed by atoms with Crippen molar-refractivity contribution in [2.75, 3.05) is 23.9 Å². The lowest BCUT2D eigenvalue weighted by molar-refractivity contribution is 0.305. The minimum atomic E-state index is -0.429. The fourth-order valence-corrected chi connectivity index (χ4v) is 1.30. The largest absolute Gasteiger partial charge is 0.486 e. The van der Waals surface area contributed by atoms with Crippen LogP contribution in [0.1, 0.15) is 0 Å². The Kier molecular flexibility index (Phi) is 1.94. The van der Waals surface area contributed by atoms with E-state index in [1.165, 1.54) is 12.1 Å². The molecule has 0 fully saturated rings. The third kappa shape index (κ3) is 1.27. The standard InChI is InChI=1S/C8H9FN2O2/c9-5-1-2-6(11-12)7-8(5)13-4-3-10-7/h1-2,10-12H,3-4H2. The molecule has 0 bridgehead atoms. The molecule has 13 heavy (non-hydrogen) atoms. The van der Waals surface area contributed by atoms with E-state index in [0.29, 0.717) is 24.5 Å². The molecular weight excluding hydrogens is 175 g/mol. The molecule has 0 radical (unpaired) electrons. The molecule has 0 unspecified atom stereocenters. The van der Waals surface area contributed by atoms with Crippen LogP contribution in [0.2, 0.25) is 0 Å². The average molecular weight is 184 g/mol. The maximum Gasteiger partial charge on any atom is 0.180 e. The molecule has 1 aliphatic rings. The first-order chi connectivity index (χ1) is 6.33. The molecule has 0 saturated carbocycles. The van der Waals surface area contributed by atoms with Crippen molar-refractivity contribution in [3.8, 4) is 5.75 Å². The number of benzene rings is 1. The highest BCUT2D eigenvalue weighted by atomic mass is 19.1. The molecule has 3 N–H and O–H groups in total. The van der Waals surface area contributed by atoms with Gasteiger partial charge in [-0.15, -0.1) is 0 Å². The van der Waals surface area contributed by atoms with Gasteiger partial charge in [0.15, 0.2) is 11.6 Å². The van der Waals surface area contributed by atoms with Crippen molar-refractivity contribution in [1.29, 1.82) is 0 Å². The summed E-state index contributed by atoms with van der Waals surface area (Å²) in [6, 6.07) is 2.68. The van der Waals surface area contributed by atoms with Crippen molar-refractivity contribution in [2.45, 2.75) is 0 Å². The number of fused-ring (bicyclic) bond motifs is 1. The van der Waals surface area contributed by atoms with Crippen LogP contribution in [-0.2, 0) is 0 Å². The fraction of sp³-hybridized carbons (Fsp3) is 0.250. The van der Waals surface area contributed by atoms with Gasteiger partial charge in [0.1, 0.15) is 12.3 Å². The molecule has 5 heteroatoms. The van der Waals surface area contributed by atoms with Crippen LogP contribution in [0.3, 0.4) is 0 Å². The Morgan fingerprint density at radius 3 is 3.15 bits per heavy atom. The van der Waals surface area contributed by atoms with E-state index in [0.717, 1.165) is 0 Å². The quantitative estimate of drug-likeness (QED) is 0.578. The number of hydrogen-bond donors (Lipinski definition) is 3. The first-order valence-electron chi connectivity index (χ1n) is 3.92. The zero-order chi connectivity index (χ0) is 9.26. The molecule has 4 nitrogen and oxygen atoms in total. The van der Waals surface area contributed by atoms with Crippen LogP contribution in [0.4, 0.5) is 15.8 Å². The molecule has 2 rings (SSSR count). The number of ether oxygens (including phenoxy) is 1. The molecular formula is C8H9FN2O2. The highest BCUT2D eigenvalue weighted by Gasteiger charge is 2.17. The van der Waals surface area contributed by atoms with E-state index in [2.05, 4.69) is 5.32 Å². The van der Waals surface area contributed by atoms with E-state index >= 15 is 0 Å². The summed E-state index contributed by atoms with van der Waals surface area (Å²) in [6.07, 6.45) is 0. The molecule has 1 aromatic carbocycles. The molecule has 1 heterocycles. The van der Waals surface area contributed by atoms with E-state index in [1.807, 2.05) is 5.48 Å². The van der Waals surface area contributed by atoms with E-state index in [-0.39, 0.29) is 5.75 Å². The SMILES string of the molecule is ONc1ccc(F)c2c1NCCO2. The second-order valence-electron chi connectivity index (χ2n) is 2.69. The normalized spacial score (nSPS) is 14.0. The van der Waals surface area contributed by atoms with Crippen molar-refractivity contribution >= 4 is 11.4 Å². The smallest absolute Gasteiger partial charge is 0.180 e. The Bertz CT molecular complexity index is 330. The van der Waals surface area contributed by atoms with Crippen molar-refractivity contribution in [2.24, 2.45) is 0 Å². The lowest BCUT2D eigenvalue weighted by Crippen LogP contribution is -2.20. The van der Waals surface area contributed by atoms with Gasteiger partial charge in [0.25, 0.3) is 0 Å². The van der Waals surface area contributed by atoms with Crippen LogP contribution >= 0.6 is 0 Å². The molecule has 0 atom stereocenters. The van der Waals surface area contributed by atoms with Gasteiger partial charge < -0.3 is 10.1 Å². The third-order valence-corrected chi connectivity index (χ3v) is 1.88. The van der Waals surface area contributed by atoms with Crippen LogP contribution in [0.15, 0.2) is 12.1 Å². The Morgan fingerprint density at radius 1 is 1.54 bits per heavy atom. The Balaban J connectivity index is 2.52. The summed E-state index contributed by atoms with van der Waals surface area (Å²) in [5.74, 6) is -0.272. The average Bonchev–Trinajstić information content (AvgIpc) is 2.19. The predicted molar refractivity (Wildman–Crippen MR) is 45.8 cm³/mol. The number of rotatable bonds is 1. The molecule has 0 spiro atoms. The van der Waals surface area contributed by atoms with Gasteiger partial charge in [0.05, 0.1) is 5.69 Å². The first kappa shape index (κ1) is 8.12. The number of hydrogen-bond acceptors (Lipinski definition) is 4. The van der Waals surface area contributed by atoms with E-state index in [4.69, 9.17) is 9.94 Å². The topological polar surface area (TPSA) is 53.5 Å². The van der Waals surface area contributed by atoms with Gasteiger partial charge >= 0.3 is 0 Å². The highest BCUT2D eigenvalue weighted by molar-refractivity contribution is 5.75. The van der Waals surface area contributed by atoms with Gasteiger partial charge in [-0.25, -0.2) is 4.39 Å². The maximum absolute atomic E-state index is 13.1. The number of nitrogens with one attached hydrogen (secondary N) is 2. The summed E-state index contributed by atoms with van der Waals surface area (Å²) in [5.41, 5.74) is 2.85. The molecule has 0 aliphatic carbocycles. The van der Waals surface area contributed by atoms with Crippen LogP contribution in [-0.4, -0.2) is 18.4 Å². The van der Waals surface area contributed by atoms with Gasteiger partial charge in [-0.2, -0.15) is 0 Å². The summed E-state index contributed by atoms with van der Waals surface area (Å²) in [4.78, 5) is 0. The minimum absolute atomic E-state index is 0.158. The van der Waals surface area contributed by atoms with Gasteiger partial charge in [-0.1, -0.05) is 0 Å². The van der Waals surface area contributed by atoms with Crippen molar-refractivity contribution in [3.63, 3.8) is 0 Å². The van der Waals surface area contributed by atoms with Gasteiger partial charge in [-0.05, 0) is 12.1 Å². The summed E-state index contributed by atoms with van der Waals surface area (Å²) in [6.45, 7) is 1.03. The second kappa shape index (κ2) is 3.10. The monoisotopic (exact) mass is 184 g/mol. The second-order valence-corrected chi connectivity index (χ2v) is 2.69. The first-order valence-corrected chi connectivity index (χ1v) is 3.92. The van der Waals surface area contributed by atoms with Crippen LogP contribution in [0.5, 0.6) is 5.75 Å². The molecule has 0 aromatic heterocycles. The summed E-state index contributed by atoms with van der Waals surface area (Å²) < 4.78 is 18.2.